The molecule has 114 valence electrons. The smallest absolute Gasteiger partial charge is 0.242 e. The first-order chi connectivity index (χ1) is 9.30. The molecule has 0 fully saturated rings. The van der Waals surface area contributed by atoms with Crippen LogP contribution < -0.4 is 15.2 Å². The van der Waals surface area contributed by atoms with Gasteiger partial charge in [0.05, 0.1) is 12.1 Å². The van der Waals surface area contributed by atoms with E-state index in [0.717, 1.165) is 0 Å². The third kappa shape index (κ3) is 4.63. The Labute approximate surface area is 125 Å². The van der Waals surface area contributed by atoms with Crippen LogP contribution in [0.25, 0.3) is 0 Å². The molecule has 0 saturated carbocycles. The monoisotopic (exact) mass is 320 g/mol. The van der Waals surface area contributed by atoms with Crippen molar-refractivity contribution in [1.29, 1.82) is 0 Å². The molecule has 20 heavy (non-hydrogen) atoms. The summed E-state index contributed by atoms with van der Waals surface area (Å²) in [5, 5.41) is 0.151. The number of nitrogens with two attached hydrogens (primary N) is 1. The highest BCUT2D eigenvalue weighted by atomic mass is 35.5. The molecule has 0 aliphatic heterocycles. The van der Waals surface area contributed by atoms with Gasteiger partial charge in [-0.05, 0) is 24.5 Å². The van der Waals surface area contributed by atoms with Crippen LogP contribution >= 0.6 is 11.6 Å². The quantitative estimate of drug-likeness (QED) is 0.805. The Balaban J connectivity index is 3.04. The fourth-order valence-electron chi connectivity index (χ4n) is 1.86. The molecule has 1 aromatic carbocycles. The highest BCUT2D eigenvalue weighted by Gasteiger charge is 2.23. The lowest BCUT2D eigenvalue weighted by atomic mass is 10.1. The molecule has 5 nitrogen and oxygen atoms in total. The van der Waals surface area contributed by atoms with Crippen molar-refractivity contribution in [2.24, 2.45) is 11.7 Å². The van der Waals surface area contributed by atoms with Crippen LogP contribution in [0.1, 0.15) is 20.3 Å². The largest absolute Gasteiger partial charge is 0.497 e. The van der Waals surface area contributed by atoms with Crippen LogP contribution in [0, 0.1) is 5.92 Å². The van der Waals surface area contributed by atoms with Gasteiger partial charge in [0.25, 0.3) is 0 Å². The first kappa shape index (κ1) is 17.2. The molecule has 0 spiro atoms. The molecule has 1 unspecified atom stereocenters. The Morgan fingerprint density at radius 1 is 1.40 bits per heavy atom. The lowest BCUT2D eigenvalue weighted by molar-refractivity contribution is 0.413. The van der Waals surface area contributed by atoms with E-state index in [9.17, 15) is 8.42 Å². The second kappa shape index (κ2) is 7.26. The van der Waals surface area contributed by atoms with Crippen molar-refractivity contribution in [3.63, 3.8) is 0 Å². The van der Waals surface area contributed by atoms with Crippen LogP contribution in [0.3, 0.4) is 0 Å². The van der Waals surface area contributed by atoms with Gasteiger partial charge in [0.15, 0.2) is 0 Å². The summed E-state index contributed by atoms with van der Waals surface area (Å²) < 4.78 is 32.3. The van der Waals surface area contributed by atoms with Crippen molar-refractivity contribution in [2.45, 2.75) is 31.2 Å². The second-order valence-corrected chi connectivity index (χ2v) is 7.07. The number of halogens is 1. The van der Waals surface area contributed by atoms with E-state index in [1.165, 1.54) is 19.2 Å². The zero-order chi connectivity index (χ0) is 15.3. The van der Waals surface area contributed by atoms with Crippen molar-refractivity contribution in [3.05, 3.63) is 23.2 Å². The number of benzene rings is 1. The van der Waals surface area contributed by atoms with Crippen LogP contribution in [0.2, 0.25) is 5.02 Å². The minimum absolute atomic E-state index is 0.000669. The number of nitrogens with one attached hydrogen (secondary N) is 1. The summed E-state index contributed by atoms with van der Waals surface area (Å²) in [5.74, 6) is 0.773. The van der Waals surface area contributed by atoms with Gasteiger partial charge in [-0.15, -0.1) is 0 Å². The average Bonchev–Trinajstić information content (AvgIpc) is 2.37. The maximum Gasteiger partial charge on any atom is 0.242 e. The van der Waals surface area contributed by atoms with Crippen molar-refractivity contribution in [1.82, 2.24) is 4.72 Å². The zero-order valence-corrected chi connectivity index (χ0v) is 13.5. The maximum atomic E-state index is 12.4. The maximum absolute atomic E-state index is 12.4. The summed E-state index contributed by atoms with van der Waals surface area (Å²) in [6.45, 7) is 4.25. The standard InChI is InChI=1S/C13H21ClN2O3S/c1-9(2)6-10(8-15)16-20(17,18)13-7-11(19-3)4-5-12(13)14/h4-5,7,9-10,16H,6,8,15H2,1-3H3. The molecule has 1 aromatic rings. The van der Waals surface area contributed by atoms with E-state index in [-0.39, 0.29) is 22.5 Å². The van der Waals surface area contributed by atoms with E-state index < -0.39 is 10.0 Å². The van der Waals surface area contributed by atoms with Gasteiger partial charge in [-0.3, -0.25) is 0 Å². The minimum Gasteiger partial charge on any atom is -0.497 e. The van der Waals surface area contributed by atoms with Gasteiger partial charge < -0.3 is 10.5 Å². The molecule has 0 amide bonds. The van der Waals surface area contributed by atoms with E-state index in [1.54, 1.807) is 6.07 Å². The molecule has 3 N–H and O–H groups in total. The predicted octanol–water partition coefficient (Wildman–Crippen LogP) is 2.00. The van der Waals surface area contributed by atoms with Gasteiger partial charge >= 0.3 is 0 Å². The van der Waals surface area contributed by atoms with Crippen LogP contribution in [-0.2, 0) is 10.0 Å². The number of methoxy groups -OCH3 is 1. The summed E-state index contributed by atoms with van der Waals surface area (Å²) in [6.07, 6.45) is 0.664. The Kier molecular flexibility index (Phi) is 6.26. The Morgan fingerprint density at radius 2 is 2.05 bits per heavy atom. The molecule has 0 heterocycles. The van der Waals surface area contributed by atoms with Crippen molar-refractivity contribution >= 4 is 21.6 Å². The summed E-state index contributed by atoms with van der Waals surface area (Å²) >= 11 is 5.96. The van der Waals surface area contributed by atoms with Gasteiger partial charge in [-0.2, -0.15) is 0 Å². The first-order valence-electron chi connectivity index (χ1n) is 6.36. The number of hydrogen-bond acceptors (Lipinski definition) is 4. The highest BCUT2D eigenvalue weighted by molar-refractivity contribution is 7.89. The fraction of sp³-hybridized carbons (Fsp3) is 0.538. The van der Waals surface area contributed by atoms with E-state index in [0.29, 0.717) is 18.1 Å². The van der Waals surface area contributed by atoms with E-state index in [4.69, 9.17) is 22.1 Å². The predicted molar refractivity (Wildman–Crippen MR) is 80.6 cm³/mol. The third-order valence-electron chi connectivity index (χ3n) is 2.79. The highest BCUT2D eigenvalue weighted by Crippen LogP contribution is 2.26. The van der Waals surface area contributed by atoms with E-state index >= 15 is 0 Å². The molecule has 0 saturated heterocycles. The van der Waals surface area contributed by atoms with Crippen LogP contribution in [0.5, 0.6) is 5.75 Å². The fourth-order valence-corrected chi connectivity index (χ4v) is 3.64. The molecule has 0 aliphatic rings. The van der Waals surface area contributed by atoms with E-state index in [2.05, 4.69) is 4.72 Å². The summed E-state index contributed by atoms with van der Waals surface area (Å²) in [6, 6.07) is 4.18. The summed E-state index contributed by atoms with van der Waals surface area (Å²) in [4.78, 5) is 0.000669. The number of rotatable bonds is 7. The minimum atomic E-state index is -3.72. The Morgan fingerprint density at radius 3 is 2.55 bits per heavy atom. The Hall–Kier alpha value is -0.820. The Bertz CT molecular complexity index is 547. The molecular weight excluding hydrogens is 300 g/mol. The lowest BCUT2D eigenvalue weighted by Gasteiger charge is -2.19. The third-order valence-corrected chi connectivity index (χ3v) is 4.79. The van der Waals surface area contributed by atoms with Crippen LogP contribution in [0.15, 0.2) is 23.1 Å². The number of ether oxygens (including phenoxy) is 1. The zero-order valence-electron chi connectivity index (χ0n) is 11.9. The van der Waals surface area contributed by atoms with E-state index in [1.807, 2.05) is 13.8 Å². The normalized spacial score (nSPS) is 13.5. The molecule has 0 aromatic heterocycles. The van der Waals surface area contributed by atoms with Crippen LogP contribution in [0.4, 0.5) is 0 Å². The number of hydrogen-bond donors (Lipinski definition) is 2. The van der Waals surface area contributed by atoms with Crippen molar-refractivity contribution in [2.75, 3.05) is 13.7 Å². The van der Waals surface area contributed by atoms with Gasteiger partial charge in [0, 0.05) is 18.7 Å². The number of sulfonamides is 1. The first-order valence-corrected chi connectivity index (χ1v) is 8.22. The van der Waals surface area contributed by atoms with Crippen molar-refractivity contribution in [3.8, 4) is 5.75 Å². The summed E-state index contributed by atoms with van der Waals surface area (Å²) in [5.41, 5.74) is 5.62. The molecule has 1 atom stereocenters. The lowest BCUT2D eigenvalue weighted by Crippen LogP contribution is -2.41. The van der Waals surface area contributed by atoms with Gasteiger partial charge in [-0.25, -0.2) is 13.1 Å². The van der Waals surface area contributed by atoms with Gasteiger partial charge in [0.2, 0.25) is 10.0 Å². The molecule has 0 aliphatic carbocycles. The second-order valence-electron chi connectivity index (χ2n) is 4.98. The molecular formula is C13H21ClN2O3S. The molecule has 0 bridgehead atoms. The van der Waals surface area contributed by atoms with Crippen molar-refractivity contribution < 1.29 is 13.2 Å². The topological polar surface area (TPSA) is 81.4 Å². The molecule has 7 heteroatoms. The average molecular weight is 321 g/mol. The van der Waals surface area contributed by atoms with Gasteiger partial charge in [-0.1, -0.05) is 25.4 Å². The summed E-state index contributed by atoms with van der Waals surface area (Å²) in [7, 11) is -2.26. The molecule has 0 radical (unpaired) electrons. The molecule has 1 rings (SSSR count). The van der Waals surface area contributed by atoms with Crippen LogP contribution in [-0.4, -0.2) is 28.1 Å². The van der Waals surface area contributed by atoms with Gasteiger partial charge in [0.1, 0.15) is 10.6 Å². The SMILES string of the molecule is COc1ccc(Cl)c(S(=O)(=O)NC(CN)CC(C)C)c1.